The van der Waals surface area contributed by atoms with Crippen LogP contribution in [0.25, 0.3) is 0 Å². The van der Waals surface area contributed by atoms with Crippen LogP contribution in [0.2, 0.25) is 0 Å². The van der Waals surface area contributed by atoms with E-state index in [2.05, 4.69) is 0 Å². The normalized spacial score (nSPS) is 12.9. The van der Waals surface area contributed by atoms with Crippen molar-refractivity contribution < 1.29 is 14.6 Å². The maximum Gasteiger partial charge on any atom is 0.315 e. The smallest absolute Gasteiger partial charge is 0.315 e. The van der Waals surface area contributed by atoms with E-state index in [4.69, 9.17) is 9.84 Å². The second kappa shape index (κ2) is 8.12. The summed E-state index contributed by atoms with van der Waals surface area (Å²) in [4.78, 5) is 11.1. The fourth-order valence-corrected chi connectivity index (χ4v) is 1.57. The molecule has 0 aromatic heterocycles. The highest BCUT2D eigenvalue weighted by Crippen LogP contribution is 2.08. The van der Waals surface area contributed by atoms with Crippen LogP contribution in [0.4, 0.5) is 0 Å². The van der Waals surface area contributed by atoms with Gasteiger partial charge < -0.3 is 9.84 Å². The minimum absolute atomic E-state index is 0.158. The van der Waals surface area contributed by atoms with Crippen LogP contribution in [0.5, 0.6) is 0 Å². The van der Waals surface area contributed by atoms with Crippen molar-refractivity contribution in [2.24, 2.45) is 11.8 Å². The van der Waals surface area contributed by atoms with E-state index in [-0.39, 0.29) is 18.5 Å². The Morgan fingerprint density at radius 2 is 2.07 bits per heavy atom. The third kappa shape index (κ3) is 8.38. The van der Waals surface area contributed by atoms with Gasteiger partial charge in [0.1, 0.15) is 0 Å². The second-order valence-electron chi connectivity index (χ2n) is 3.88. The van der Waals surface area contributed by atoms with E-state index in [0.717, 1.165) is 5.75 Å². The fourth-order valence-electron chi connectivity index (χ4n) is 0.697. The zero-order valence-corrected chi connectivity index (χ0v) is 9.97. The van der Waals surface area contributed by atoms with Crippen LogP contribution in [0.15, 0.2) is 0 Å². The summed E-state index contributed by atoms with van der Waals surface area (Å²) in [5.41, 5.74) is 0. The third-order valence-electron chi connectivity index (χ3n) is 1.51. The van der Waals surface area contributed by atoms with Gasteiger partial charge in [0.05, 0.1) is 12.4 Å². The Balaban J connectivity index is 3.35. The quantitative estimate of drug-likeness (QED) is 0.661. The monoisotopic (exact) mass is 220 g/mol. The summed E-state index contributed by atoms with van der Waals surface area (Å²) in [6, 6.07) is 0. The van der Waals surface area contributed by atoms with Crippen LogP contribution in [-0.4, -0.2) is 35.8 Å². The predicted octanol–water partition coefficient (Wildman–Crippen LogP) is 1.55. The van der Waals surface area contributed by atoms with Crippen molar-refractivity contribution in [3.05, 3.63) is 0 Å². The first-order valence-electron chi connectivity index (χ1n) is 4.90. The van der Waals surface area contributed by atoms with Crippen LogP contribution in [-0.2, 0) is 9.53 Å². The third-order valence-corrected chi connectivity index (χ3v) is 2.76. The van der Waals surface area contributed by atoms with E-state index in [1.54, 1.807) is 0 Å². The van der Waals surface area contributed by atoms with Crippen molar-refractivity contribution in [3.8, 4) is 0 Å². The van der Waals surface area contributed by atoms with E-state index in [9.17, 15) is 4.79 Å². The molecule has 0 bridgehead atoms. The number of aliphatic hydroxyl groups is 1. The molecule has 0 fully saturated rings. The van der Waals surface area contributed by atoms with Crippen LogP contribution in [0.3, 0.4) is 0 Å². The highest BCUT2D eigenvalue weighted by atomic mass is 32.2. The number of hydrogen-bond acceptors (Lipinski definition) is 4. The molecule has 1 unspecified atom stereocenters. The lowest BCUT2D eigenvalue weighted by Crippen LogP contribution is -2.13. The molecule has 1 N–H and O–H groups in total. The summed E-state index contributed by atoms with van der Waals surface area (Å²) in [6.07, 6.45) is 0. The van der Waals surface area contributed by atoms with Gasteiger partial charge in [-0.1, -0.05) is 20.8 Å². The van der Waals surface area contributed by atoms with E-state index < -0.39 is 0 Å². The van der Waals surface area contributed by atoms with E-state index in [0.29, 0.717) is 18.3 Å². The van der Waals surface area contributed by atoms with Crippen molar-refractivity contribution >= 4 is 17.7 Å². The molecule has 1 atom stereocenters. The van der Waals surface area contributed by atoms with Gasteiger partial charge in [0, 0.05) is 6.61 Å². The number of aliphatic hydroxyl groups excluding tert-OH is 1. The first-order valence-corrected chi connectivity index (χ1v) is 6.06. The number of carbonyl (C=O) groups is 1. The summed E-state index contributed by atoms with van der Waals surface area (Å²) in [5.74, 6) is 1.66. The molecular weight excluding hydrogens is 200 g/mol. The van der Waals surface area contributed by atoms with Crippen molar-refractivity contribution in [2.75, 3.05) is 24.7 Å². The van der Waals surface area contributed by atoms with Crippen molar-refractivity contribution in [3.63, 3.8) is 0 Å². The van der Waals surface area contributed by atoms with Gasteiger partial charge >= 0.3 is 5.97 Å². The van der Waals surface area contributed by atoms with Gasteiger partial charge in [-0.05, 0) is 17.6 Å². The molecule has 0 rings (SSSR count). The van der Waals surface area contributed by atoms with Gasteiger partial charge in [0.15, 0.2) is 0 Å². The molecule has 0 aromatic carbocycles. The van der Waals surface area contributed by atoms with Gasteiger partial charge in [-0.15, -0.1) is 11.8 Å². The molecule has 0 heterocycles. The number of thioether (sulfide) groups is 1. The maximum atomic E-state index is 11.1. The largest absolute Gasteiger partial charge is 0.465 e. The molecule has 84 valence electrons. The average molecular weight is 220 g/mol. The standard InChI is InChI=1S/C10H20O3S/c1-8(2)5-13-10(12)7-14-6-9(3)4-11/h8-9,11H,4-7H2,1-3H3. The highest BCUT2D eigenvalue weighted by molar-refractivity contribution is 7.99. The number of rotatable bonds is 7. The lowest BCUT2D eigenvalue weighted by atomic mass is 10.2. The minimum Gasteiger partial charge on any atom is -0.465 e. The molecule has 0 spiro atoms. The Labute approximate surface area is 90.2 Å². The Hall–Kier alpha value is -0.220. The summed E-state index contributed by atoms with van der Waals surface area (Å²) in [6.45, 7) is 6.64. The predicted molar refractivity (Wildman–Crippen MR) is 59.4 cm³/mol. The molecule has 0 saturated heterocycles. The molecule has 14 heavy (non-hydrogen) atoms. The first-order chi connectivity index (χ1) is 6.56. The van der Waals surface area contributed by atoms with E-state index >= 15 is 0 Å². The summed E-state index contributed by atoms with van der Waals surface area (Å²) >= 11 is 1.51. The van der Waals surface area contributed by atoms with Gasteiger partial charge in [0.2, 0.25) is 0 Å². The Kier molecular flexibility index (Phi) is 7.99. The lowest BCUT2D eigenvalue weighted by molar-refractivity contribution is -0.141. The van der Waals surface area contributed by atoms with Crippen molar-refractivity contribution in [1.82, 2.24) is 0 Å². The first kappa shape index (κ1) is 13.8. The number of esters is 1. The Bertz CT molecular complexity index is 159. The van der Waals surface area contributed by atoms with Gasteiger partial charge in [-0.25, -0.2) is 0 Å². The molecule has 0 aromatic rings. The average Bonchev–Trinajstić information content (AvgIpc) is 2.14. The molecule has 0 radical (unpaired) electrons. The molecule has 3 nitrogen and oxygen atoms in total. The fraction of sp³-hybridized carbons (Fsp3) is 0.900. The highest BCUT2D eigenvalue weighted by Gasteiger charge is 2.06. The Morgan fingerprint density at radius 1 is 1.43 bits per heavy atom. The topological polar surface area (TPSA) is 46.5 Å². The SMILES string of the molecule is CC(C)COC(=O)CSCC(C)CO. The van der Waals surface area contributed by atoms with E-state index in [1.165, 1.54) is 11.8 Å². The Morgan fingerprint density at radius 3 is 2.57 bits per heavy atom. The van der Waals surface area contributed by atoms with Crippen LogP contribution in [0, 0.1) is 11.8 Å². The van der Waals surface area contributed by atoms with Crippen LogP contribution >= 0.6 is 11.8 Å². The van der Waals surface area contributed by atoms with Crippen molar-refractivity contribution in [1.29, 1.82) is 0 Å². The van der Waals surface area contributed by atoms with E-state index in [1.807, 2.05) is 20.8 Å². The molecule has 0 aliphatic heterocycles. The molecule has 0 aliphatic rings. The number of hydrogen-bond donors (Lipinski definition) is 1. The minimum atomic E-state index is -0.158. The number of carbonyl (C=O) groups excluding carboxylic acids is 1. The molecule has 4 heteroatoms. The summed E-state index contributed by atoms with van der Waals surface area (Å²) < 4.78 is 5.00. The summed E-state index contributed by atoms with van der Waals surface area (Å²) in [7, 11) is 0. The molecule has 0 saturated carbocycles. The van der Waals surface area contributed by atoms with Gasteiger partial charge in [0.25, 0.3) is 0 Å². The van der Waals surface area contributed by atoms with Crippen LogP contribution in [0.1, 0.15) is 20.8 Å². The second-order valence-corrected chi connectivity index (χ2v) is 4.91. The molecule has 0 amide bonds. The van der Waals surface area contributed by atoms with Crippen molar-refractivity contribution in [2.45, 2.75) is 20.8 Å². The molecular formula is C10H20O3S. The zero-order valence-electron chi connectivity index (χ0n) is 9.16. The maximum absolute atomic E-state index is 11.1. The van der Waals surface area contributed by atoms with Crippen LogP contribution < -0.4 is 0 Å². The summed E-state index contributed by atoms with van der Waals surface area (Å²) in [5, 5.41) is 8.75. The zero-order chi connectivity index (χ0) is 11.0. The molecule has 0 aliphatic carbocycles. The van der Waals surface area contributed by atoms with Gasteiger partial charge in [-0.2, -0.15) is 0 Å². The number of ether oxygens (including phenoxy) is 1. The van der Waals surface area contributed by atoms with Gasteiger partial charge in [-0.3, -0.25) is 4.79 Å². The lowest BCUT2D eigenvalue weighted by Gasteiger charge is -2.08.